The van der Waals surface area contributed by atoms with Crippen LogP contribution < -0.4 is 0 Å². The van der Waals surface area contributed by atoms with Gasteiger partial charge in [0.05, 0.1) is 10.1 Å². The van der Waals surface area contributed by atoms with Gasteiger partial charge in [-0.2, -0.15) is 0 Å². The highest BCUT2D eigenvalue weighted by atomic mass is 32.2. The Morgan fingerprint density at radius 2 is 1.94 bits per heavy atom. The number of aromatic nitrogens is 3. The minimum atomic E-state index is -3.58. The maximum Gasteiger partial charge on any atom is 0.198 e. The number of Topliss-reactive ketones (excluding diaryl/α,β-unsaturated/α-hetero) is 1. The molecule has 3 atom stereocenters. The number of benzene rings is 1. The van der Waals surface area contributed by atoms with Crippen LogP contribution in [0.15, 0.2) is 71.5 Å². The van der Waals surface area contributed by atoms with E-state index in [9.17, 15) is 17.6 Å². The summed E-state index contributed by atoms with van der Waals surface area (Å²) in [5.74, 6) is -0.334. The lowest BCUT2D eigenvalue weighted by Gasteiger charge is -2.48. The van der Waals surface area contributed by atoms with Crippen molar-refractivity contribution in [3.63, 3.8) is 0 Å². The fraction of sp³-hybridized carbons (Fsp3) is 0.333. The third-order valence-corrected chi connectivity index (χ3v) is 10.9. The van der Waals surface area contributed by atoms with Gasteiger partial charge in [0.2, 0.25) is 0 Å². The van der Waals surface area contributed by atoms with Gasteiger partial charge >= 0.3 is 0 Å². The van der Waals surface area contributed by atoms with Gasteiger partial charge in [-0.05, 0) is 80.0 Å². The minimum absolute atomic E-state index is 0.00211. The van der Waals surface area contributed by atoms with E-state index in [0.29, 0.717) is 35.6 Å². The number of ketones is 1. The Morgan fingerprint density at radius 1 is 1.14 bits per heavy atom. The van der Waals surface area contributed by atoms with Gasteiger partial charge in [-0.1, -0.05) is 0 Å². The van der Waals surface area contributed by atoms with Crippen molar-refractivity contribution in [2.75, 3.05) is 0 Å². The molecule has 0 radical (unpaired) electrons. The number of hydrogen-bond donors (Lipinski definition) is 0. The van der Waals surface area contributed by atoms with Crippen LogP contribution in [-0.4, -0.2) is 33.6 Å². The summed E-state index contributed by atoms with van der Waals surface area (Å²) >= 11 is 1.31. The number of sulfone groups is 1. The molecular weight excluding hydrogens is 497 g/mol. The second kappa shape index (κ2) is 8.52. The highest BCUT2D eigenvalue weighted by molar-refractivity contribution is 7.92. The average Bonchev–Trinajstić information content (AvgIpc) is 3.63. The van der Waals surface area contributed by atoms with Gasteiger partial charge in [-0.25, -0.2) is 17.8 Å². The molecule has 2 aliphatic rings. The first-order valence-corrected chi connectivity index (χ1v) is 14.5. The van der Waals surface area contributed by atoms with E-state index in [1.54, 1.807) is 53.8 Å². The highest BCUT2D eigenvalue weighted by Gasteiger charge is 2.55. The van der Waals surface area contributed by atoms with E-state index in [-0.39, 0.29) is 23.9 Å². The van der Waals surface area contributed by atoms with E-state index in [1.807, 2.05) is 12.3 Å². The van der Waals surface area contributed by atoms with Crippen LogP contribution in [0.1, 0.15) is 40.3 Å². The Bertz CT molecular complexity index is 1540. The zero-order valence-electron chi connectivity index (χ0n) is 19.8. The van der Waals surface area contributed by atoms with Crippen LogP contribution in [0.3, 0.4) is 0 Å². The Balaban J connectivity index is 1.42. The number of thiazole rings is 1. The van der Waals surface area contributed by atoms with E-state index in [2.05, 4.69) is 9.55 Å². The molecule has 1 saturated carbocycles. The lowest BCUT2D eigenvalue weighted by molar-refractivity contribution is 0.0493. The SMILES string of the molecule is Cn1ccc(S(=O)(=O)[C@H]2CCC3Cc4c(ccn4-c4ccc(F)cc4)C[C@]3(C(=O)c3nccs3)C2)c1. The molecule has 186 valence electrons. The topological polar surface area (TPSA) is 74.0 Å². The number of aryl methyl sites for hydroxylation is 1. The smallest absolute Gasteiger partial charge is 0.198 e. The van der Waals surface area contributed by atoms with E-state index in [0.717, 1.165) is 16.9 Å². The molecule has 0 spiro atoms. The molecular formula is C27H26FN3O3S2. The Labute approximate surface area is 213 Å². The Hall–Kier alpha value is -3.04. The number of carbonyl (C=O) groups is 1. The first kappa shape index (κ1) is 23.4. The standard InChI is InChI=1S/C27H26FN3O3S2/c1-30-11-9-23(17-30)36(33,34)22-7-2-19-14-24-18(8-12-31(24)21-5-3-20(28)4-6-21)15-27(19,16-22)25(32)26-29-10-13-35-26/h3-6,8-13,17,19,22H,2,7,14-16H2,1H3/t19?,22-,27-/m0/s1. The van der Waals surface area contributed by atoms with E-state index in [1.165, 1.54) is 23.5 Å². The Morgan fingerprint density at radius 3 is 2.64 bits per heavy atom. The molecule has 6 nitrogen and oxygen atoms in total. The lowest BCUT2D eigenvalue weighted by atomic mass is 9.57. The first-order chi connectivity index (χ1) is 17.3. The summed E-state index contributed by atoms with van der Waals surface area (Å²) in [6.07, 6.45) is 9.55. The fourth-order valence-electron chi connectivity index (χ4n) is 6.18. The first-order valence-electron chi connectivity index (χ1n) is 12.0. The number of halogens is 1. The molecule has 3 heterocycles. The molecule has 1 fully saturated rings. The predicted molar refractivity (Wildman–Crippen MR) is 136 cm³/mol. The van der Waals surface area contributed by atoms with Crippen LogP contribution in [0.5, 0.6) is 0 Å². The predicted octanol–water partition coefficient (Wildman–Crippen LogP) is 5.02. The number of rotatable bonds is 5. The third-order valence-electron chi connectivity index (χ3n) is 8.00. The second-order valence-corrected chi connectivity index (χ2v) is 13.1. The largest absolute Gasteiger partial charge is 0.356 e. The van der Waals surface area contributed by atoms with Crippen molar-refractivity contribution >= 4 is 27.0 Å². The van der Waals surface area contributed by atoms with Crippen molar-refractivity contribution in [2.45, 2.75) is 42.2 Å². The molecule has 1 unspecified atom stereocenters. The molecule has 9 heteroatoms. The molecule has 0 saturated heterocycles. The lowest BCUT2D eigenvalue weighted by Crippen LogP contribution is -2.51. The molecule has 1 aromatic carbocycles. The van der Waals surface area contributed by atoms with Gasteiger partial charge in [0.1, 0.15) is 5.82 Å². The van der Waals surface area contributed by atoms with Crippen LogP contribution in [0.25, 0.3) is 5.69 Å². The molecule has 36 heavy (non-hydrogen) atoms. The summed E-state index contributed by atoms with van der Waals surface area (Å²) in [6, 6.07) is 10.0. The summed E-state index contributed by atoms with van der Waals surface area (Å²) < 4.78 is 44.6. The van der Waals surface area contributed by atoms with Crippen LogP contribution in [-0.2, 0) is 29.7 Å². The van der Waals surface area contributed by atoms with Crippen molar-refractivity contribution in [1.82, 2.24) is 14.1 Å². The van der Waals surface area contributed by atoms with E-state index < -0.39 is 20.5 Å². The zero-order chi connectivity index (χ0) is 25.1. The summed E-state index contributed by atoms with van der Waals surface area (Å²) in [4.78, 5) is 18.7. The molecule has 3 aromatic heterocycles. The van der Waals surface area contributed by atoms with Crippen LogP contribution in [0.2, 0.25) is 0 Å². The molecule has 6 rings (SSSR count). The number of fused-ring (bicyclic) bond motifs is 2. The molecule has 0 aliphatic heterocycles. The van der Waals surface area contributed by atoms with Crippen molar-refractivity contribution < 1.29 is 17.6 Å². The van der Waals surface area contributed by atoms with Crippen molar-refractivity contribution in [3.05, 3.63) is 88.6 Å². The number of hydrogen-bond acceptors (Lipinski definition) is 5. The summed E-state index contributed by atoms with van der Waals surface area (Å²) in [5, 5.41) is 1.61. The summed E-state index contributed by atoms with van der Waals surface area (Å²) in [6.45, 7) is 0. The average molecular weight is 524 g/mol. The second-order valence-electron chi connectivity index (χ2n) is 10.00. The Kier molecular flexibility index (Phi) is 5.53. The summed E-state index contributed by atoms with van der Waals surface area (Å²) in [7, 11) is -1.78. The van der Waals surface area contributed by atoms with E-state index in [4.69, 9.17) is 0 Å². The van der Waals surface area contributed by atoms with Gasteiger partial charge in [0.15, 0.2) is 20.6 Å². The van der Waals surface area contributed by atoms with Crippen LogP contribution in [0.4, 0.5) is 4.39 Å². The maximum absolute atomic E-state index is 14.1. The van der Waals surface area contributed by atoms with Crippen molar-refractivity contribution in [1.29, 1.82) is 0 Å². The number of carbonyl (C=O) groups excluding carboxylic acids is 1. The van der Waals surface area contributed by atoms with Gasteiger partial charge in [-0.3, -0.25) is 4.79 Å². The van der Waals surface area contributed by atoms with Gasteiger partial charge < -0.3 is 9.13 Å². The molecule has 2 aliphatic carbocycles. The number of nitrogens with zero attached hydrogens (tertiary/aromatic N) is 3. The normalized spacial score (nSPS) is 23.7. The molecule has 4 aromatic rings. The van der Waals surface area contributed by atoms with Crippen molar-refractivity contribution in [2.24, 2.45) is 18.4 Å². The molecule has 0 bridgehead atoms. The zero-order valence-corrected chi connectivity index (χ0v) is 21.4. The van der Waals surface area contributed by atoms with Crippen molar-refractivity contribution in [3.8, 4) is 5.69 Å². The highest BCUT2D eigenvalue weighted by Crippen LogP contribution is 2.53. The monoisotopic (exact) mass is 523 g/mol. The summed E-state index contributed by atoms with van der Waals surface area (Å²) in [5.41, 5.74) is 2.19. The minimum Gasteiger partial charge on any atom is -0.356 e. The quantitative estimate of drug-likeness (QED) is 0.344. The van der Waals surface area contributed by atoms with Gasteiger partial charge in [0, 0.05) is 54.0 Å². The fourth-order valence-corrected chi connectivity index (χ4v) is 8.77. The third kappa shape index (κ3) is 3.67. The van der Waals surface area contributed by atoms with Gasteiger partial charge in [0.25, 0.3) is 0 Å². The van der Waals surface area contributed by atoms with Crippen LogP contribution in [0, 0.1) is 17.2 Å². The molecule has 0 amide bonds. The van der Waals surface area contributed by atoms with E-state index >= 15 is 0 Å². The maximum atomic E-state index is 14.1. The van der Waals surface area contributed by atoms with Gasteiger partial charge in [-0.15, -0.1) is 11.3 Å². The van der Waals surface area contributed by atoms with Crippen LogP contribution >= 0.6 is 11.3 Å². The molecule has 0 N–H and O–H groups in total.